The number of thiophene rings is 1. The maximum atomic E-state index is 12.2. The molecule has 0 aliphatic heterocycles. The van der Waals surface area contributed by atoms with Crippen molar-refractivity contribution < 1.29 is 14.4 Å². The third-order valence-corrected chi connectivity index (χ3v) is 5.00. The van der Waals surface area contributed by atoms with Gasteiger partial charge in [0.2, 0.25) is 11.8 Å². The van der Waals surface area contributed by atoms with Gasteiger partial charge in [0.15, 0.2) is 0 Å². The van der Waals surface area contributed by atoms with Gasteiger partial charge in [-0.3, -0.25) is 14.4 Å². The Balaban J connectivity index is 1.97. The number of nitrogens with one attached hydrogen (secondary N) is 2. The van der Waals surface area contributed by atoms with E-state index in [2.05, 4.69) is 26.6 Å². The Bertz CT molecular complexity index is 825. The first-order valence-corrected chi connectivity index (χ1v) is 9.13. The second kappa shape index (κ2) is 8.46. The summed E-state index contributed by atoms with van der Waals surface area (Å²) in [7, 11) is 1.55. The Morgan fingerprint density at radius 1 is 1.20 bits per heavy atom. The van der Waals surface area contributed by atoms with E-state index in [4.69, 9.17) is 11.6 Å². The van der Waals surface area contributed by atoms with Gasteiger partial charge in [-0.2, -0.15) is 0 Å². The van der Waals surface area contributed by atoms with Gasteiger partial charge in [-0.1, -0.05) is 11.6 Å². The van der Waals surface area contributed by atoms with Crippen molar-refractivity contribution >= 4 is 68.0 Å². The van der Waals surface area contributed by atoms with Gasteiger partial charge in [0.1, 0.15) is 0 Å². The van der Waals surface area contributed by atoms with E-state index in [9.17, 15) is 14.4 Å². The number of halogens is 2. The van der Waals surface area contributed by atoms with Crippen LogP contribution in [0.4, 0.5) is 11.4 Å². The summed E-state index contributed by atoms with van der Waals surface area (Å²) in [6.45, 7) is 1.28. The molecule has 132 valence electrons. The number of amides is 3. The summed E-state index contributed by atoms with van der Waals surface area (Å²) in [5, 5.41) is 5.54. The molecule has 1 heterocycles. The minimum Gasteiger partial charge on any atom is -0.332 e. The van der Waals surface area contributed by atoms with E-state index in [-0.39, 0.29) is 29.3 Å². The molecule has 0 saturated carbocycles. The van der Waals surface area contributed by atoms with Gasteiger partial charge in [-0.25, -0.2) is 0 Å². The third-order valence-electron chi connectivity index (χ3n) is 3.08. The molecule has 25 heavy (non-hydrogen) atoms. The smallest absolute Gasteiger partial charge is 0.264 e. The van der Waals surface area contributed by atoms with Gasteiger partial charge in [-0.05, 0) is 46.3 Å². The number of rotatable bonds is 5. The standard InChI is InChI=1S/C16H15BrClN3O3S/c1-9(22)19-10-3-4-12(11(18)7-10)20-15(23)8-21(2)16(24)13-5-6-14(17)25-13/h3-7H,8H2,1-2H3,(H,19,22)(H,20,23). The van der Waals surface area contributed by atoms with Crippen molar-refractivity contribution in [3.05, 3.63) is 44.0 Å². The summed E-state index contributed by atoms with van der Waals surface area (Å²) in [5.74, 6) is -0.827. The van der Waals surface area contributed by atoms with Gasteiger partial charge < -0.3 is 15.5 Å². The van der Waals surface area contributed by atoms with Crippen LogP contribution in [0.5, 0.6) is 0 Å². The molecule has 6 nitrogen and oxygen atoms in total. The van der Waals surface area contributed by atoms with E-state index in [0.29, 0.717) is 16.3 Å². The van der Waals surface area contributed by atoms with Gasteiger partial charge >= 0.3 is 0 Å². The van der Waals surface area contributed by atoms with Gasteiger partial charge in [0, 0.05) is 19.7 Å². The second-order valence-corrected chi connectivity index (χ2v) is 8.06. The molecule has 2 aromatic rings. The SMILES string of the molecule is CC(=O)Nc1ccc(NC(=O)CN(C)C(=O)c2ccc(Br)s2)c(Cl)c1. The fraction of sp³-hybridized carbons (Fsp3) is 0.188. The molecule has 0 aliphatic carbocycles. The molecule has 0 atom stereocenters. The van der Waals surface area contributed by atoms with Crippen LogP contribution >= 0.6 is 38.9 Å². The number of nitrogens with zero attached hydrogens (tertiary/aromatic N) is 1. The number of likely N-dealkylation sites (N-methyl/N-ethyl adjacent to an activating group) is 1. The fourth-order valence-corrected chi connectivity index (χ4v) is 3.60. The number of hydrogen-bond donors (Lipinski definition) is 2. The minimum absolute atomic E-state index is 0.113. The molecule has 0 unspecified atom stereocenters. The summed E-state index contributed by atoms with van der Waals surface area (Å²) in [5.41, 5.74) is 0.937. The average molecular weight is 445 g/mol. The van der Waals surface area contributed by atoms with Crippen LogP contribution in [0.3, 0.4) is 0 Å². The van der Waals surface area contributed by atoms with Gasteiger partial charge in [-0.15, -0.1) is 11.3 Å². The fourth-order valence-electron chi connectivity index (χ4n) is 1.99. The Morgan fingerprint density at radius 3 is 2.48 bits per heavy atom. The van der Waals surface area contributed by atoms with Crippen LogP contribution in [0, 0.1) is 0 Å². The zero-order chi connectivity index (χ0) is 18.6. The molecule has 0 bridgehead atoms. The monoisotopic (exact) mass is 443 g/mol. The molecule has 0 aliphatic rings. The van der Waals surface area contributed by atoms with Crippen molar-refractivity contribution in [3.8, 4) is 0 Å². The van der Waals surface area contributed by atoms with Crippen molar-refractivity contribution in [1.82, 2.24) is 4.90 Å². The van der Waals surface area contributed by atoms with Crippen molar-refractivity contribution in [3.63, 3.8) is 0 Å². The number of carbonyl (C=O) groups excluding carboxylic acids is 3. The van der Waals surface area contributed by atoms with Gasteiger partial charge in [0.25, 0.3) is 5.91 Å². The highest BCUT2D eigenvalue weighted by atomic mass is 79.9. The number of hydrogen-bond acceptors (Lipinski definition) is 4. The normalized spacial score (nSPS) is 10.2. The van der Waals surface area contributed by atoms with Crippen LogP contribution in [0.2, 0.25) is 5.02 Å². The maximum absolute atomic E-state index is 12.2. The lowest BCUT2D eigenvalue weighted by atomic mass is 10.2. The number of anilines is 2. The molecule has 0 fully saturated rings. The highest BCUT2D eigenvalue weighted by molar-refractivity contribution is 9.11. The van der Waals surface area contributed by atoms with Gasteiger partial charge in [0.05, 0.1) is 25.9 Å². The van der Waals surface area contributed by atoms with Crippen molar-refractivity contribution in [1.29, 1.82) is 0 Å². The van der Waals surface area contributed by atoms with E-state index >= 15 is 0 Å². The van der Waals surface area contributed by atoms with E-state index in [1.54, 1.807) is 31.3 Å². The Morgan fingerprint density at radius 2 is 1.92 bits per heavy atom. The Kier molecular flexibility index (Phi) is 6.57. The lowest BCUT2D eigenvalue weighted by Gasteiger charge is -2.16. The topological polar surface area (TPSA) is 78.5 Å². The molecular weight excluding hydrogens is 430 g/mol. The van der Waals surface area contributed by atoms with Crippen LogP contribution in [0.15, 0.2) is 34.1 Å². The minimum atomic E-state index is -0.374. The molecule has 1 aromatic carbocycles. The molecule has 9 heteroatoms. The van der Waals surface area contributed by atoms with Crippen LogP contribution in [-0.4, -0.2) is 36.2 Å². The molecule has 2 rings (SSSR count). The largest absolute Gasteiger partial charge is 0.332 e. The van der Waals surface area contributed by atoms with Crippen molar-refractivity contribution in [2.45, 2.75) is 6.92 Å². The Labute approximate surface area is 162 Å². The second-order valence-electron chi connectivity index (χ2n) is 5.19. The number of benzene rings is 1. The first-order valence-electron chi connectivity index (χ1n) is 7.14. The highest BCUT2D eigenvalue weighted by Crippen LogP contribution is 2.26. The predicted octanol–water partition coefficient (Wildman–Crippen LogP) is 3.83. The highest BCUT2D eigenvalue weighted by Gasteiger charge is 2.17. The molecule has 0 saturated heterocycles. The average Bonchev–Trinajstić information content (AvgIpc) is 2.95. The van der Waals surface area contributed by atoms with Crippen LogP contribution in [-0.2, 0) is 9.59 Å². The van der Waals surface area contributed by atoms with Crippen molar-refractivity contribution in [2.24, 2.45) is 0 Å². The predicted molar refractivity (Wildman–Crippen MR) is 103 cm³/mol. The van der Waals surface area contributed by atoms with Crippen LogP contribution in [0.25, 0.3) is 0 Å². The van der Waals surface area contributed by atoms with Crippen LogP contribution in [0.1, 0.15) is 16.6 Å². The van der Waals surface area contributed by atoms with E-state index < -0.39 is 0 Å². The molecule has 0 spiro atoms. The lowest BCUT2D eigenvalue weighted by Crippen LogP contribution is -2.34. The van der Waals surface area contributed by atoms with E-state index in [1.807, 2.05) is 0 Å². The molecular formula is C16H15BrClN3O3S. The molecule has 2 N–H and O–H groups in total. The third kappa shape index (κ3) is 5.55. The quantitative estimate of drug-likeness (QED) is 0.735. The maximum Gasteiger partial charge on any atom is 0.264 e. The lowest BCUT2D eigenvalue weighted by molar-refractivity contribution is -0.116. The zero-order valence-corrected chi connectivity index (χ0v) is 16.6. The molecule has 1 aromatic heterocycles. The summed E-state index contributed by atoms with van der Waals surface area (Å²) in [6.07, 6.45) is 0. The zero-order valence-electron chi connectivity index (χ0n) is 13.4. The van der Waals surface area contributed by atoms with E-state index in [0.717, 1.165) is 3.79 Å². The summed E-state index contributed by atoms with van der Waals surface area (Å²) < 4.78 is 0.847. The molecule has 0 radical (unpaired) electrons. The van der Waals surface area contributed by atoms with Crippen molar-refractivity contribution in [2.75, 3.05) is 24.2 Å². The molecule has 3 amide bonds. The summed E-state index contributed by atoms with van der Waals surface area (Å²) in [4.78, 5) is 37.3. The summed E-state index contributed by atoms with van der Waals surface area (Å²) in [6, 6.07) is 8.23. The van der Waals surface area contributed by atoms with Crippen LogP contribution < -0.4 is 10.6 Å². The Hall–Kier alpha value is -1.90. The first kappa shape index (κ1) is 19.4. The first-order chi connectivity index (χ1) is 11.8. The summed E-state index contributed by atoms with van der Waals surface area (Å²) >= 11 is 10.7. The van der Waals surface area contributed by atoms with E-state index in [1.165, 1.54) is 29.2 Å². The number of carbonyl (C=O) groups is 3.